The average molecular weight is 249 g/mol. The molecular weight excluding hydrogens is 230 g/mol. The molecule has 5 heteroatoms. The summed E-state index contributed by atoms with van der Waals surface area (Å²) in [6.45, 7) is 2.50. The molecule has 1 fully saturated rings. The Morgan fingerprint density at radius 2 is 2.22 bits per heavy atom. The number of hydrogen-bond acceptors (Lipinski definition) is 4. The number of piperidine rings is 1. The van der Waals surface area contributed by atoms with Gasteiger partial charge in [0.2, 0.25) is 0 Å². The van der Waals surface area contributed by atoms with E-state index in [4.69, 9.17) is 0 Å². The number of rotatable bonds is 5. The predicted molar refractivity (Wildman–Crippen MR) is 70.4 cm³/mol. The molecule has 18 heavy (non-hydrogen) atoms. The number of benzene rings is 1. The lowest BCUT2D eigenvalue weighted by Gasteiger charge is -2.23. The van der Waals surface area contributed by atoms with Crippen LogP contribution >= 0.6 is 0 Å². The molecule has 1 atom stereocenters. The van der Waals surface area contributed by atoms with Gasteiger partial charge in [0.15, 0.2) is 0 Å². The first-order valence-electron chi connectivity index (χ1n) is 6.44. The Balaban J connectivity index is 1.84. The highest BCUT2D eigenvalue weighted by Crippen LogP contribution is 2.17. The lowest BCUT2D eigenvalue weighted by atomic mass is 10.1. The van der Waals surface area contributed by atoms with Gasteiger partial charge in [0.1, 0.15) is 0 Å². The number of nitrogens with zero attached hydrogens (tertiary/aromatic N) is 1. The van der Waals surface area contributed by atoms with Gasteiger partial charge in [0.25, 0.3) is 5.69 Å². The zero-order valence-electron chi connectivity index (χ0n) is 10.4. The molecule has 1 unspecified atom stereocenters. The quantitative estimate of drug-likeness (QED) is 0.617. The molecule has 2 rings (SSSR count). The van der Waals surface area contributed by atoms with Crippen LogP contribution in [0.2, 0.25) is 0 Å². The Bertz CT molecular complexity index is 403. The molecule has 0 spiro atoms. The Morgan fingerprint density at radius 1 is 1.39 bits per heavy atom. The summed E-state index contributed by atoms with van der Waals surface area (Å²) < 4.78 is 0. The molecule has 1 saturated heterocycles. The minimum Gasteiger partial charge on any atom is -0.313 e. The summed E-state index contributed by atoms with van der Waals surface area (Å²) in [4.78, 5) is 10.5. The van der Waals surface area contributed by atoms with Crippen molar-refractivity contribution in [1.82, 2.24) is 10.6 Å². The molecule has 1 aliphatic rings. The molecule has 1 aromatic carbocycles. The van der Waals surface area contributed by atoms with E-state index in [0.29, 0.717) is 12.6 Å². The second kappa shape index (κ2) is 6.47. The molecule has 5 nitrogen and oxygen atoms in total. The lowest BCUT2D eigenvalue weighted by molar-refractivity contribution is -0.385. The standard InChI is InChI=1S/C13H19N3O2/c17-16(18)13-7-2-1-5-11(13)9-14-10-12-6-3-4-8-15-12/h1-2,5,7,12,14-15H,3-4,6,8-10H2. The van der Waals surface area contributed by atoms with Crippen molar-refractivity contribution in [2.24, 2.45) is 0 Å². The van der Waals surface area contributed by atoms with Gasteiger partial charge in [-0.25, -0.2) is 0 Å². The first-order valence-corrected chi connectivity index (χ1v) is 6.44. The fourth-order valence-electron chi connectivity index (χ4n) is 2.32. The van der Waals surface area contributed by atoms with Gasteiger partial charge in [-0.2, -0.15) is 0 Å². The first kappa shape index (κ1) is 13.0. The van der Waals surface area contributed by atoms with Crippen molar-refractivity contribution in [3.8, 4) is 0 Å². The SMILES string of the molecule is O=[N+]([O-])c1ccccc1CNCC1CCCCN1. The van der Waals surface area contributed by atoms with Crippen molar-refractivity contribution in [3.63, 3.8) is 0 Å². The molecule has 1 aliphatic heterocycles. The highest BCUT2D eigenvalue weighted by atomic mass is 16.6. The second-order valence-corrected chi connectivity index (χ2v) is 4.66. The van der Waals surface area contributed by atoms with E-state index in [1.54, 1.807) is 18.2 Å². The zero-order chi connectivity index (χ0) is 12.8. The van der Waals surface area contributed by atoms with Crippen molar-refractivity contribution in [3.05, 3.63) is 39.9 Å². The van der Waals surface area contributed by atoms with Gasteiger partial charge in [0, 0.05) is 30.8 Å². The molecule has 0 bridgehead atoms. The lowest BCUT2D eigenvalue weighted by Crippen LogP contribution is -2.41. The third-order valence-electron chi connectivity index (χ3n) is 3.31. The van der Waals surface area contributed by atoms with Crippen LogP contribution in [0.25, 0.3) is 0 Å². The molecule has 2 N–H and O–H groups in total. The average Bonchev–Trinajstić information content (AvgIpc) is 2.40. The molecule has 1 heterocycles. The molecule has 0 amide bonds. The van der Waals surface area contributed by atoms with E-state index >= 15 is 0 Å². The van der Waals surface area contributed by atoms with Crippen LogP contribution in [-0.4, -0.2) is 24.1 Å². The summed E-state index contributed by atoms with van der Waals surface area (Å²) in [6.07, 6.45) is 3.70. The Hall–Kier alpha value is -1.46. The molecule has 0 aliphatic carbocycles. The number of nitro benzene ring substituents is 1. The van der Waals surface area contributed by atoms with Crippen LogP contribution in [0, 0.1) is 10.1 Å². The number of nitrogens with one attached hydrogen (secondary N) is 2. The molecule has 1 aromatic rings. The summed E-state index contributed by atoms with van der Waals surface area (Å²) in [6, 6.07) is 7.39. The van der Waals surface area contributed by atoms with E-state index < -0.39 is 0 Å². The molecule has 0 aromatic heterocycles. The van der Waals surface area contributed by atoms with E-state index in [1.165, 1.54) is 19.3 Å². The minimum atomic E-state index is -0.324. The maximum absolute atomic E-state index is 10.9. The second-order valence-electron chi connectivity index (χ2n) is 4.66. The highest BCUT2D eigenvalue weighted by molar-refractivity contribution is 5.39. The highest BCUT2D eigenvalue weighted by Gasteiger charge is 2.14. The maximum Gasteiger partial charge on any atom is 0.273 e. The van der Waals surface area contributed by atoms with Crippen LogP contribution in [0.3, 0.4) is 0 Å². The van der Waals surface area contributed by atoms with Crippen molar-refractivity contribution in [1.29, 1.82) is 0 Å². The summed E-state index contributed by atoms with van der Waals surface area (Å²) >= 11 is 0. The van der Waals surface area contributed by atoms with Crippen molar-refractivity contribution in [2.75, 3.05) is 13.1 Å². The normalized spacial score (nSPS) is 19.7. The van der Waals surface area contributed by atoms with Crippen LogP contribution in [-0.2, 0) is 6.54 Å². The van der Waals surface area contributed by atoms with Crippen LogP contribution in [0.15, 0.2) is 24.3 Å². The third-order valence-corrected chi connectivity index (χ3v) is 3.31. The Labute approximate surface area is 107 Å². The van der Waals surface area contributed by atoms with Gasteiger partial charge >= 0.3 is 0 Å². The fourth-order valence-corrected chi connectivity index (χ4v) is 2.32. The van der Waals surface area contributed by atoms with E-state index in [2.05, 4.69) is 10.6 Å². The third kappa shape index (κ3) is 3.51. The van der Waals surface area contributed by atoms with Gasteiger partial charge < -0.3 is 10.6 Å². The largest absolute Gasteiger partial charge is 0.313 e. The minimum absolute atomic E-state index is 0.196. The number of para-hydroxylation sites is 1. The zero-order valence-corrected chi connectivity index (χ0v) is 10.4. The summed E-state index contributed by atoms with van der Waals surface area (Å²) in [5, 5.41) is 17.6. The van der Waals surface area contributed by atoms with Crippen molar-refractivity contribution >= 4 is 5.69 Å². The Kier molecular flexibility index (Phi) is 4.66. The summed E-state index contributed by atoms with van der Waals surface area (Å²) in [7, 11) is 0. The van der Waals surface area contributed by atoms with E-state index in [1.807, 2.05) is 6.07 Å². The molecular formula is C13H19N3O2. The number of hydrogen-bond donors (Lipinski definition) is 2. The predicted octanol–water partition coefficient (Wildman–Crippen LogP) is 1.83. The Morgan fingerprint density at radius 3 is 2.94 bits per heavy atom. The molecule has 0 saturated carbocycles. The fraction of sp³-hybridized carbons (Fsp3) is 0.538. The van der Waals surface area contributed by atoms with Gasteiger partial charge in [0.05, 0.1) is 4.92 Å². The van der Waals surface area contributed by atoms with Crippen LogP contribution in [0.1, 0.15) is 24.8 Å². The van der Waals surface area contributed by atoms with Gasteiger partial charge in [-0.15, -0.1) is 0 Å². The van der Waals surface area contributed by atoms with E-state index in [-0.39, 0.29) is 10.6 Å². The van der Waals surface area contributed by atoms with Gasteiger partial charge in [-0.3, -0.25) is 10.1 Å². The van der Waals surface area contributed by atoms with Crippen LogP contribution in [0.5, 0.6) is 0 Å². The topological polar surface area (TPSA) is 67.2 Å². The summed E-state index contributed by atoms with van der Waals surface area (Å²) in [5.41, 5.74) is 0.944. The first-order chi connectivity index (χ1) is 8.77. The van der Waals surface area contributed by atoms with Crippen LogP contribution < -0.4 is 10.6 Å². The van der Waals surface area contributed by atoms with E-state index in [0.717, 1.165) is 18.7 Å². The number of nitro groups is 1. The van der Waals surface area contributed by atoms with Gasteiger partial charge in [-0.1, -0.05) is 24.6 Å². The maximum atomic E-state index is 10.9. The smallest absolute Gasteiger partial charge is 0.273 e. The van der Waals surface area contributed by atoms with E-state index in [9.17, 15) is 10.1 Å². The summed E-state index contributed by atoms with van der Waals surface area (Å²) in [5.74, 6) is 0. The molecule has 98 valence electrons. The van der Waals surface area contributed by atoms with Crippen molar-refractivity contribution in [2.45, 2.75) is 31.8 Å². The van der Waals surface area contributed by atoms with Crippen molar-refractivity contribution < 1.29 is 4.92 Å². The monoisotopic (exact) mass is 249 g/mol. The van der Waals surface area contributed by atoms with Crippen LogP contribution in [0.4, 0.5) is 5.69 Å². The molecule has 0 radical (unpaired) electrons. The van der Waals surface area contributed by atoms with Gasteiger partial charge in [-0.05, 0) is 19.4 Å².